The van der Waals surface area contributed by atoms with Crippen LogP contribution < -0.4 is 14.8 Å². The van der Waals surface area contributed by atoms with Gasteiger partial charge >= 0.3 is 0 Å². The van der Waals surface area contributed by atoms with Gasteiger partial charge in [-0.3, -0.25) is 0 Å². The molecule has 6 nitrogen and oxygen atoms in total. The molecule has 0 aliphatic heterocycles. The van der Waals surface area contributed by atoms with Gasteiger partial charge in [0, 0.05) is 10.7 Å². The van der Waals surface area contributed by atoms with Gasteiger partial charge < -0.3 is 19.2 Å². The number of hydrogen-bond donors (Lipinski definition) is 1. The lowest BCUT2D eigenvalue weighted by Gasteiger charge is -2.06. The predicted molar refractivity (Wildman–Crippen MR) is 97.9 cm³/mol. The van der Waals surface area contributed by atoms with E-state index in [1.807, 2.05) is 37.3 Å². The van der Waals surface area contributed by atoms with Crippen molar-refractivity contribution in [3.8, 4) is 17.6 Å². The van der Waals surface area contributed by atoms with Gasteiger partial charge in [0.25, 0.3) is 0 Å². The van der Waals surface area contributed by atoms with Crippen LogP contribution in [0.2, 0.25) is 5.02 Å². The van der Waals surface area contributed by atoms with Gasteiger partial charge in [-0.15, -0.1) is 0 Å². The maximum Gasteiger partial charge on any atom is 0.236 e. The fourth-order valence-corrected chi connectivity index (χ4v) is 2.32. The number of aromatic nitrogens is 1. The minimum Gasteiger partial charge on any atom is -0.494 e. The van der Waals surface area contributed by atoms with Crippen LogP contribution in [0.4, 0.5) is 11.6 Å². The smallest absolute Gasteiger partial charge is 0.236 e. The normalized spacial score (nSPS) is 10.2. The zero-order valence-corrected chi connectivity index (χ0v) is 14.8. The molecule has 0 saturated carbocycles. The van der Waals surface area contributed by atoms with Gasteiger partial charge in [0.05, 0.1) is 6.61 Å². The van der Waals surface area contributed by atoms with Crippen LogP contribution >= 0.6 is 11.6 Å². The van der Waals surface area contributed by atoms with E-state index in [1.165, 1.54) is 0 Å². The highest BCUT2D eigenvalue weighted by atomic mass is 35.5. The Morgan fingerprint density at radius 3 is 2.38 bits per heavy atom. The number of oxazole rings is 1. The van der Waals surface area contributed by atoms with E-state index in [2.05, 4.69) is 10.3 Å². The Balaban J connectivity index is 1.68. The van der Waals surface area contributed by atoms with Crippen molar-refractivity contribution in [2.24, 2.45) is 0 Å². The molecule has 0 atom stereocenters. The summed E-state index contributed by atoms with van der Waals surface area (Å²) in [4.78, 5) is 4.14. The van der Waals surface area contributed by atoms with Crippen LogP contribution in [0.5, 0.6) is 11.5 Å². The maximum absolute atomic E-state index is 9.25. The van der Waals surface area contributed by atoms with Gasteiger partial charge in [-0.25, -0.2) is 0 Å². The van der Waals surface area contributed by atoms with Crippen LogP contribution in [-0.4, -0.2) is 11.6 Å². The standard InChI is InChI=1S/C19H16ClN3O3/c1-2-24-15-9-5-14(6-10-15)22-19-17(11-21)23-18(26-19)12-25-16-7-3-13(20)4-8-16/h3-10,22H,2,12H2,1H3. The molecule has 0 aliphatic carbocycles. The fourth-order valence-electron chi connectivity index (χ4n) is 2.19. The molecule has 7 heteroatoms. The van der Waals surface area contributed by atoms with E-state index in [9.17, 15) is 5.26 Å². The lowest BCUT2D eigenvalue weighted by Crippen LogP contribution is -1.95. The van der Waals surface area contributed by atoms with Gasteiger partial charge in [-0.1, -0.05) is 11.6 Å². The third-order valence-corrected chi connectivity index (χ3v) is 3.63. The molecule has 3 aromatic rings. The minimum absolute atomic E-state index is 0.0985. The molecule has 0 radical (unpaired) electrons. The summed E-state index contributed by atoms with van der Waals surface area (Å²) in [5, 5.41) is 12.9. The fraction of sp³-hybridized carbons (Fsp3) is 0.158. The summed E-state index contributed by atoms with van der Waals surface area (Å²) in [6, 6.07) is 16.3. The summed E-state index contributed by atoms with van der Waals surface area (Å²) >= 11 is 5.84. The topological polar surface area (TPSA) is 80.3 Å². The molecule has 1 N–H and O–H groups in total. The number of benzene rings is 2. The summed E-state index contributed by atoms with van der Waals surface area (Å²) in [5.41, 5.74) is 0.917. The van der Waals surface area contributed by atoms with Gasteiger partial charge in [0.2, 0.25) is 17.5 Å². The quantitative estimate of drug-likeness (QED) is 0.636. The lowest BCUT2D eigenvalue weighted by molar-refractivity contribution is 0.265. The van der Waals surface area contributed by atoms with Crippen LogP contribution in [-0.2, 0) is 6.61 Å². The van der Waals surface area contributed by atoms with E-state index in [0.29, 0.717) is 23.3 Å². The summed E-state index contributed by atoms with van der Waals surface area (Å²) in [5.74, 6) is 1.97. The Bertz CT molecular complexity index is 899. The van der Waals surface area contributed by atoms with Crippen molar-refractivity contribution in [1.82, 2.24) is 4.98 Å². The van der Waals surface area contributed by atoms with Gasteiger partial charge in [0.1, 0.15) is 17.6 Å². The zero-order chi connectivity index (χ0) is 18.4. The average Bonchev–Trinajstić information content (AvgIpc) is 3.05. The summed E-state index contributed by atoms with van der Waals surface area (Å²) in [6.45, 7) is 2.62. The van der Waals surface area contributed by atoms with Crippen LogP contribution in [0.1, 0.15) is 18.5 Å². The second-order valence-electron chi connectivity index (χ2n) is 5.22. The molecule has 1 aromatic heterocycles. The van der Waals surface area contributed by atoms with Crippen LogP contribution in [0.3, 0.4) is 0 Å². The number of nitriles is 1. The maximum atomic E-state index is 9.25. The molecular formula is C19H16ClN3O3. The molecule has 2 aromatic carbocycles. The second-order valence-corrected chi connectivity index (χ2v) is 5.66. The van der Waals surface area contributed by atoms with Crippen molar-refractivity contribution >= 4 is 23.2 Å². The molecule has 0 aliphatic rings. The van der Waals surface area contributed by atoms with Crippen molar-refractivity contribution in [3.63, 3.8) is 0 Å². The molecule has 0 bridgehead atoms. The highest BCUT2D eigenvalue weighted by Gasteiger charge is 2.14. The number of nitrogens with zero attached hydrogens (tertiary/aromatic N) is 2. The molecule has 0 fully saturated rings. The first-order valence-corrected chi connectivity index (χ1v) is 8.34. The molecular weight excluding hydrogens is 354 g/mol. The summed E-state index contributed by atoms with van der Waals surface area (Å²) < 4.78 is 16.6. The molecule has 0 spiro atoms. The van der Waals surface area contributed by atoms with Crippen molar-refractivity contribution in [2.45, 2.75) is 13.5 Å². The number of rotatable bonds is 7. The number of hydrogen-bond acceptors (Lipinski definition) is 6. The van der Waals surface area contributed by atoms with Crippen molar-refractivity contribution in [2.75, 3.05) is 11.9 Å². The number of anilines is 2. The van der Waals surface area contributed by atoms with Crippen LogP contribution in [0, 0.1) is 11.3 Å². The van der Waals surface area contributed by atoms with E-state index < -0.39 is 0 Å². The third-order valence-electron chi connectivity index (χ3n) is 3.38. The first-order chi connectivity index (χ1) is 12.7. The Morgan fingerprint density at radius 1 is 1.08 bits per heavy atom. The zero-order valence-electron chi connectivity index (χ0n) is 14.0. The minimum atomic E-state index is 0.0985. The number of ether oxygens (including phenoxy) is 2. The monoisotopic (exact) mass is 369 g/mol. The molecule has 1 heterocycles. The van der Waals surface area contributed by atoms with E-state index in [1.54, 1.807) is 24.3 Å². The molecule has 3 rings (SSSR count). The van der Waals surface area contributed by atoms with E-state index >= 15 is 0 Å². The Labute approximate surface area is 155 Å². The molecule has 0 amide bonds. The number of nitrogens with one attached hydrogen (secondary N) is 1. The van der Waals surface area contributed by atoms with Gasteiger partial charge in [0.15, 0.2) is 6.61 Å². The van der Waals surface area contributed by atoms with Crippen molar-refractivity contribution < 1.29 is 13.9 Å². The van der Waals surface area contributed by atoms with E-state index in [-0.39, 0.29) is 18.2 Å². The average molecular weight is 370 g/mol. The second kappa shape index (κ2) is 8.28. The van der Waals surface area contributed by atoms with Crippen molar-refractivity contribution in [3.05, 3.63) is 65.1 Å². The lowest BCUT2D eigenvalue weighted by atomic mass is 10.3. The molecule has 0 unspecified atom stereocenters. The molecule has 132 valence electrons. The van der Waals surface area contributed by atoms with Crippen molar-refractivity contribution in [1.29, 1.82) is 5.26 Å². The van der Waals surface area contributed by atoms with Gasteiger partial charge in [-0.05, 0) is 55.5 Å². The Morgan fingerprint density at radius 2 is 1.73 bits per heavy atom. The predicted octanol–water partition coefficient (Wildman–Crippen LogP) is 4.92. The largest absolute Gasteiger partial charge is 0.494 e. The Hall–Kier alpha value is -3.17. The summed E-state index contributed by atoms with van der Waals surface area (Å²) in [6.07, 6.45) is 0. The number of halogens is 1. The van der Waals surface area contributed by atoms with E-state index in [4.69, 9.17) is 25.5 Å². The van der Waals surface area contributed by atoms with Crippen LogP contribution in [0.25, 0.3) is 0 Å². The van der Waals surface area contributed by atoms with E-state index in [0.717, 1.165) is 11.4 Å². The van der Waals surface area contributed by atoms with Gasteiger partial charge in [-0.2, -0.15) is 10.2 Å². The molecule has 0 saturated heterocycles. The first-order valence-electron chi connectivity index (χ1n) is 7.96. The third kappa shape index (κ3) is 4.47. The first kappa shape index (κ1) is 17.6. The highest BCUT2D eigenvalue weighted by Crippen LogP contribution is 2.24. The SMILES string of the molecule is CCOc1ccc(Nc2oc(COc3ccc(Cl)cc3)nc2C#N)cc1. The van der Waals surface area contributed by atoms with Crippen LogP contribution in [0.15, 0.2) is 52.9 Å². The summed E-state index contributed by atoms with van der Waals surface area (Å²) in [7, 11) is 0. The highest BCUT2D eigenvalue weighted by molar-refractivity contribution is 6.30. The molecule has 26 heavy (non-hydrogen) atoms. The Kier molecular flexibility index (Phi) is 5.62.